The van der Waals surface area contributed by atoms with Crippen LogP contribution in [0.15, 0.2) is 0 Å². The molecule has 9 heavy (non-hydrogen) atoms. The van der Waals surface area contributed by atoms with E-state index in [9.17, 15) is 0 Å². The van der Waals surface area contributed by atoms with Crippen LogP contribution in [-0.2, 0) is 0 Å². The maximum atomic E-state index is 8.06. The van der Waals surface area contributed by atoms with Crippen LogP contribution in [0.3, 0.4) is 0 Å². The van der Waals surface area contributed by atoms with E-state index in [-0.39, 0.29) is 6.10 Å². The topological polar surface area (TPSA) is 60.7 Å². The average Bonchev–Trinajstić information content (AvgIpc) is 1.65. The molecule has 0 atom stereocenters. The Kier molecular flexibility index (Phi) is 10.2. The van der Waals surface area contributed by atoms with E-state index in [1.807, 2.05) is 0 Å². The van der Waals surface area contributed by atoms with Crippen LogP contribution in [-0.4, -0.2) is 27.7 Å². The Morgan fingerprint density at radius 3 is 1.22 bits per heavy atom. The van der Waals surface area contributed by atoms with E-state index in [0.717, 1.165) is 0 Å². The van der Waals surface area contributed by atoms with Crippen LogP contribution in [0.1, 0.15) is 27.2 Å². The molecule has 0 fully saturated rings. The lowest BCUT2D eigenvalue weighted by Gasteiger charge is -1.90. The van der Waals surface area contributed by atoms with Crippen molar-refractivity contribution in [2.45, 2.75) is 39.6 Å². The van der Waals surface area contributed by atoms with E-state index in [1.165, 1.54) is 0 Å². The number of aliphatic hydroxyl groups is 3. The van der Waals surface area contributed by atoms with Gasteiger partial charge < -0.3 is 15.3 Å². The van der Waals surface area contributed by atoms with Crippen molar-refractivity contribution in [3.63, 3.8) is 0 Å². The molecule has 0 aromatic carbocycles. The first-order valence-corrected chi connectivity index (χ1v) is 3.04. The summed E-state index contributed by atoms with van der Waals surface area (Å²) in [5, 5.41) is 23.9. The third kappa shape index (κ3) is 77.1. The summed E-state index contributed by atoms with van der Waals surface area (Å²) in [6, 6.07) is 0. The van der Waals surface area contributed by atoms with Crippen LogP contribution in [0.25, 0.3) is 0 Å². The summed E-state index contributed by atoms with van der Waals surface area (Å²) in [7, 11) is 0. The molecule has 58 valence electrons. The molecule has 0 aromatic rings. The van der Waals surface area contributed by atoms with Gasteiger partial charge in [0.25, 0.3) is 0 Å². The molecule has 0 unspecified atom stereocenters. The Morgan fingerprint density at radius 2 is 1.22 bits per heavy atom. The van der Waals surface area contributed by atoms with Crippen molar-refractivity contribution < 1.29 is 15.3 Å². The van der Waals surface area contributed by atoms with E-state index in [2.05, 4.69) is 0 Å². The van der Waals surface area contributed by atoms with Gasteiger partial charge in [-0.1, -0.05) is 6.92 Å². The minimum absolute atomic E-state index is 0.167. The van der Waals surface area contributed by atoms with Crippen LogP contribution in [0, 0.1) is 0 Å². The van der Waals surface area contributed by atoms with Crippen molar-refractivity contribution in [1.29, 1.82) is 0 Å². The molecule has 3 nitrogen and oxygen atoms in total. The van der Waals surface area contributed by atoms with Gasteiger partial charge in [-0.25, -0.2) is 0 Å². The quantitative estimate of drug-likeness (QED) is 0.448. The lowest BCUT2D eigenvalue weighted by molar-refractivity contribution is -0.0413. The number of hydrogen-bond donors (Lipinski definition) is 3. The Morgan fingerprint density at radius 1 is 1.11 bits per heavy atom. The van der Waals surface area contributed by atoms with Crippen LogP contribution in [0.4, 0.5) is 0 Å². The van der Waals surface area contributed by atoms with Crippen molar-refractivity contribution in [2.24, 2.45) is 0 Å². The predicted octanol–water partition coefficient (Wildman–Crippen LogP) is 0.0942. The maximum absolute atomic E-state index is 8.06. The first kappa shape index (κ1) is 11.6. The summed E-state index contributed by atoms with van der Waals surface area (Å²) >= 11 is 0. The molecule has 0 rings (SSSR count). The fraction of sp³-hybridized carbons (Fsp3) is 1.00. The summed E-state index contributed by atoms with van der Waals surface area (Å²) in [6.07, 6.45) is -0.866. The molecule has 0 heterocycles. The van der Waals surface area contributed by atoms with Gasteiger partial charge in [-0.15, -0.1) is 0 Å². The lowest BCUT2D eigenvalue weighted by Crippen LogP contribution is -1.99. The summed E-state index contributed by atoms with van der Waals surface area (Å²) in [4.78, 5) is 0. The average molecular weight is 136 g/mol. The van der Waals surface area contributed by atoms with Gasteiger partial charge >= 0.3 is 0 Å². The monoisotopic (exact) mass is 136 g/mol. The highest BCUT2D eigenvalue weighted by atomic mass is 16.5. The molecule has 3 heteroatoms. The highest BCUT2D eigenvalue weighted by Gasteiger charge is 1.83. The van der Waals surface area contributed by atoms with Gasteiger partial charge in [0.1, 0.15) is 0 Å². The van der Waals surface area contributed by atoms with Gasteiger partial charge in [-0.05, 0) is 20.3 Å². The number of aliphatic hydroxyl groups excluding tert-OH is 2. The third-order valence-corrected chi connectivity index (χ3v) is 0.365. The van der Waals surface area contributed by atoms with Crippen molar-refractivity contribution in [2.75, 3.05) is 0 Å². The molecule has 0 aliphatic heterocycles. The molecule has 0 radical (unpaired) electrons. The third-order valence-electron chi connectivity index (χ3n) is 0.365. The molecule has 0 saturated heterocycles. The minimum Gasteiger partial charge on any atom is -0.394 e. The Hall–Kier alpha value is -0.120. The van der Waals surface area contributed by atoms with Gasteiger partial charge in [0, 0.05) is 6.10 Å². The van der Waals surface area contributed by atoms with Crippen molar-refractivity contribution >= 4 is 0 Å². The van der Waals surface area contributed by atoms with Gasteiger partial charge in [0.15, 0.2) is 6.29 Å². The SMILES string of the molecule is CC(C)O.CCC(O)O. The maximum Gasteiger partial charge on any atom is 0.151 e. The Bertz CT molecular complexity index is 40.8. The summed E-state index contributed by atoms with van der Waals surface area (Å²) in [5.41, 5.74) is 0. The first-order valence-electron chi connectivity index (χ1n) is 3.04. The van der Waals surface area contributed by atoms with Gasteiger partial charge in [-0.3, -0.25) is 0 Å². The van der Waals surface area contributed by atoms with Crippen LogP contribution in [0.2, 0.25) is 0 Å². The van der Waals surface area contributed by atoms with Crippen molar-refractivity contribution in [3.8, 4) is 0 Å². The van der Waals surface area contributed by atoms with E-state index in [0.29, 0.717) is 6.42 Å². The molecule has 3 N–H and O–H groups in total. The van der Waals surface area contributed by atoms with Crippen LogP contribution in [0.5, 0.6) is 0 Å². The van der Waals surface area contributed by atoms with E-state index < -0.39 is 6.29 Å². The van der Waals surface area contributed by atoms with Gasteiger partial charge in [0.05, 0.1) is 0 Å². The van der Waals surface area contributed by atoms with Crippen molar-refractivity contribution in [1.82, 2.24) is 0 Å². The molecular formula is C6H16O3. The fourth-order valence-corrected chi connectivity index (χ4v) is 0. The van der Waals surface area contributed by atoms with Gasteiger partial charge in [0.2, 0.25) is 0 Å². The number of rotatable bonds is 1. The molecule has 0 saturated carbocycles. The highest BCUT2D eigenvalue weighted by molar-refractivity contribution is 4.21. The number of hydrogen-bond acceptors (Lipinski definition) is 3. The van der Waals surface area contributed by atoms with Crippen LogP contribution < -0.4 is 0 Å². The van der Waals surface area contributed by atoms with E-state index >= 15 is 0 Å². The highest BCUT2D eigenvalue weighted by Crippen LogP contribution is 1.77. The molecule has 0 aromatic heterocycles. The smallest absolute Gasteiger partial charge is 0.151 e. The second-order valence-electron chi connectivity index (χ2n) is 1.98. The molecule has 0 spiro atoms. The largest absolute Gasteiger partial charge is 0.394 e. The van der Waals surface area contributed by atoms with E-state index in [4.69, 9.17) is 15.3 Å². The molecular weight excluding hydrogens is 120 g/mol. The zero-order valence-electron chi connectivity index (χ0n) is 6.20. The first-order chi connectivity index (χ1) is 4.00. The van der Waals surface area contributed by atoms with E-state index in [1.54, 1.807) is 20.8 Å². The van der Waals surface area contributed by atoms with Crippen molar-refractivity contribution in [3.05, 3.63) is 0 Å². The Balaban J connectivity index is 0. The zero-order valence-corrected chi connectivity index (χ0v) is 6.20. The van der Waals surface area contributed by atoms with Gasteiger partial charge in [-0.2, -0.15) is 0 Å². The second-order valence-corrected chi connectivity index (χ2v) is 1.98. The normalized spacial score (nSPS) is 9.33. The molecule has 0 amide bonds. The summed E-state index contributed by atoms with van der Waals surface area (Å²) in [6.45, 7) is 5.14. The second kappa shape index (κ2) is 7.88. The Labute approximate surface area is 56.0 Å². The minimum atomic E-state index is -1.12. The molecule has 0 bridgehead atoms. The summed E-state index contributed by atoms with van der Waals surface area (Å²) < 4.78 is 0. The standard InChI is InChI=1S/C3H8O2.C3H8O/c1-2-3(4)5;1-3(2)4/h3-5H,2H2,1H3;3-4H,1-2H3. The molecule has 0 aliphatic carbocycles. The lowest BCUT2D eigenvalue weighted by atomic mass is 10.5. The summed E-state index contributed by atoms with van der Waals surface area (Å²) in [5.74, 6) is 0. The fourth-order valence-electron chi connectivity index (χ4n) is 0. The molecule has 0 aliphatic rings. The predicted molar refractivity (Wildman–Crippen MR) is 35.9 cm³/mol. The zero-order chi connectivity index (χ0) is 7.86. The van der Waals surface area contributed by atoms with Crippen LogP contribution >= 0.6 is 0 Å².